The van der Waals surface area contributed by atoms with Gasteiger partial charge in [0, 0.05) is 25.1 Å². The van der Waals surface area contributed by atoms with Crippen molar-refractivity contribution in [2.75, 3.05) is 19.6 Å². The second-order valence-electron chi connectivity index (χ2n) is 10.7. The number of benzene rings is 2. The molecule has 2 aromatic carbocycles. The zero-order chi connectivity index (χ0) is 23.9. The van der Waals surface area contributed by atoms with Gasteiger partial charge in [0.15, 0.2) is 0 Å². The fraction of sp³-hybridized carbons (Fsp3) is 0.483. The Morgan fingerprint density at radius 1 is 0.886 bits per heavy atom. The molecule has 6 rings (SSSR count). The van der Waals surface area contributed by atoms with Gasteiger partial charge in [-0.2, -0.15) is 0 Å². The smallest absolute Gasteiger partial charge is 0.255 e. The third-order valence-corrected chi connectivity index (χ3v) is 8.58. The summed E-state index contributed by atoms with van der Waals surface area (Å²) in [4.78, 5) is 41.1. The standard InChI is InChI=1S/C29H33N3O3/c33-27-11-10-26(28(34)30-27)32-18-23-16-21(8-9-25(23)29(32)35)19-12-14-31(15-13-19)17-22-6-3-5-20-4-1-2-7-24(20)22/h1-2,4,7-9,16,19,22,26H,3,5-6,10-15,17-18H2,(H,30,33,34). The van der Waals surface area contributed by atoms with E-state index in [9.17, 15) is 14.4 Å². The highest BCUT2D eigenvalue weighted by Crippen LogP contribution is 2.36. The summed E-state index contributed by atoms with van der Waals surface area (Å²) >= 11 is 0. The van der Waals surface area contributed by atoms with Crippen LogP contribution >= 0.6 is 0 Å². The number of fused-ring (bicyclic) bond motifs is 2. The Balaban J connectivity index is 1.09. The quantitative estimate of drug-likeness (QED) is 0.690. The maximum atomic E-state index is 13.0. The van der Waals surface area contributed by atoms with E-state index in [4.69, 9.17) is 0 Å². The van der Waals surface area contributed by atoms with Crippen molar-refractivity contribution in [1.82, 2.24) is 15.1 Å². The predicted molar refractivity (Wildman–Crippen MR) is 133 cm³/mol. The van der Waals surface area contributed by atoms with Crippen LogP contribution in [0, 0.1) is 0 Å². The molecule has 2 fully saturated rings. The molecule has 0 radical (unpaired) electrons. The number of nitrogens with zero attached hydrogens (tertiary/aromatic N) is 2. The largest absolute Gasteiger partial charge is 0.322 e. The molecule has 0 aromatic heterocycles. The van der Waals surface area contributed by atoms with Crippen LogP contribution in [0.1, 0.15) is 83.0 Å². The monoisotopic (exact) mass is 471 g/mol. The van der Waals surface area contributed by atoms with Gasteiger partial charge in [0.2, 0.25) is 11.8 Å². The van der Waals surface area contributed by atoms with Gasteiger partial charge in [-0.15, -0.1) is 0 Å². The molecule has 0 saturated carbocycles. The van der Waals surface area contributed by atoms with E-state index in [0.29, 0.717) is 30.4 Å². The van der Waals surface area contributed by atoms with Crippen LogP contribution in [0.5, 0.6) is 0 Å². The van der Waals surface area contributed by atoms with E-state index in [0.717, 1.165) is 38.0 Å². The topological polar surface area (TPSA) is 69.7 Å². The van der Waals surface area contributed by atoms with Gasteiger partial charge >= 0.3 is 0 Å². The maximum Gasteiger partial charge on any atom is 0.255 e. The Bertz CT molecular complexity index is 1170. The first-order valence-corrected chi connectivity index (χ1v) is 13.1. The molecule has 3 amide bonds. The Morgan fingerprint density at radius 2 is 1.71 bits per heavy atom. The number of carbonyl (C=O) groups is 3. The fourth-order valence-corrected chi connectivity index (χ4v) is 6.65. The Hall–Kier alpha value is -2.99. The van der Waals surface area contributed by atoms with Crippen LogP contribution in [0.3, 0.4) is 0 Å². The van der Waals surface area contributed by atoms with Crippen molar-refractivity contribution in [1.29, 1.82) is 0 Å². The summed E-state index contributed by atoms with van der Waals surface area (Å²) in [7, 11) is 0. The molecule has 2 saturated heterocycles. The Kier molecular flexibility index (Phi) is 5.93. The molecule has 182 valence electrons. The molecule has 1 aliphatic carbocycles. The number of rotatable bonds is 4. The highest BCUT2D eigenvalue weighted by atomic mass is 16.2. The highest BCUT2D eigenvalue weighted by molar-refractivity contribution is 6.05. The van der Waals surface area contributed by atoms with Crippen molar-refractivity contribution >= 4 is 17.7 Å². The molecular formula is C29H33N3O3. The number of piperidine rings is 2. The number of aryl methyl sites for hydroxylation is 1. The maximum absolute atomic E-state index is 13.0. The molecule has 2 atom stereocenters. The first-order valence-electron chi connectivity index (χ1n) is 13.1. The molecule has 4 aliphatic rings. The average Bonchev–Trinajstić information content (AvgIpc) is 3.20. The van der Waals surface area contributed by atoms with Crippen molar-refractivity contribution in [2.24, 2.45) is 0 Å². The van der Waals surface area contributed by atoms with Gasteiger partial charge in [-0.1, -0.05) is 36.4 Å². The summed E-state index contributed by atoms with van der Waals surface area (Å²) < 4.78 is 0. The van der Waals surface area contributed by atoms with E-state index < -0.39 is 6.04 Å². The predicted octanol–water partition coefficient (Wildman–Crippen LogP) is 3.75. The van der Waals surface area contributed by atoms with Gasteiger partial charge < -0.3 is 9.80 Å². The zero-order valence-corrected chi connectivity index (χ0v) is 20.2. The summed E-state index contributed by atoms with van der Waals surface area (Å²) in [5, 5.41) is 2.38. The normalized spacial score (nSPS) is 25.4. The van der Waals surface area contributed by atoms with Crippen molar-refractivity contribution in [3.63, 3.8) is 0 Å². The summed E-state index contributed by atoms with van der Waals surface area (Å²) in [5.74, 6) is 0.465. The van der Waals surface area contributed by atoms with Crippen LogP contribution in [0.2, 0.25) is 0 Å². The van der Waals surface area contributed by atoms with Gasteiger partial charge in [-0.3, -0.25) is 19.7 Å². The molecule has 0 bridgehead atoms. The van der Waals surface area contributed by atoms with Crippen molar-refractivity contribution in [3.8, 4) is 0 Å². The summed E-state index contributed by atoms with van der Waals surface area (Å²) in [5.41, 5.74) is 6.12. The molecular weight excluding hydrogens is 438 g/mol. The lowest BCUT2D eigenvalue weighted by atomic mass is 9.82. The van der Waals surface area contributed by atoms with Crippen molar-refractivity contribution in [3.05, 3.63) is 70.3 Å². The average molecular weight is 472 g/mol. The minimum absolute atomic E-state index is 0.0939. The molecule has 35 heavy (non-hydrogen) atoms. The first-order chi connectivity index (χ1) is 17.1. The first kappa shape index (κ1) is 22.5. The molecule has 6 heteroatoms. The van der Waals surface area contributed by atoms with Crippen LogP contribution in [0.4, 0.5) is 0 Å². The third kappa shape index (κ3) is 4.29. The number of nitrogens with one attached hydrogen (secondary N) is 1. The number of imide groups is 1. The summed E-state index contributed by atoms with van der Waals surface area (Å²) in [6.07, 6.45) is 6.77. The highest BCUT2D eigenvalue weighted by Gasteiger charge is 2.39. The van der Waals surface area contributed by atoms with E-state index in [-0.39, 0.29) is 24.1 Å². The minimum Gasteiger partial charge on any atom is -0.322 e. The van der Waals surface area contributed by atoms with Crippen LogP contribution in [-0.4, -0.2) is 53.2 Å². The fourth-order valence-electron chi connectivity index (χ4n) is 6.65. The van der Waals surface area contributed by atoms with Gasteiger partial charge in [-0.25, -0.2) is 0 Å². The number of carbonyl (C=O) groups excluding carboxylic acids is 3. The molecule has 1 N–H and O–H groups in total. The Morgan fingerprint density at radius 3 is 2.54 bits per heavy atom. The summed E-state index contributed by atoms with van der Waals surface area (Å²) in [6, 6.07) is 14.7. The molecule has 0 spiro atoms. The lowest BCUT2D eigenvalue weighted by molar-refractivity contribution is -0.136. The van der Waals surface area contributed by atoms with E-state index in [1.54, 1.807) is 10.5 Å². The van der Waals surface area contributed by atoms with Crippen molar-refractivity contribution < 1.29 is 14.4 Å². The lowest BCUT2D eigenvalue weighted by Crippen LogP contribution is -2.52. The second-order valence-corrected chi connectivity index (χ2v) is 10.7. The van der Waals surface area contributed by atoms with Crippen LogP contribution in [0.25, 0.3) is 0 Å². The SMILES string of the molecule is O=C1CCC(N2Cc3cc(C4CCN(CC5CCCc6ccccc65)CC4)ccc3C2=O)C(=O)N1. The van der Waals surface area contributed by atoms with E-state index in [2.05, 4.69) is 46.6 Å². The van der Waals surface area contributed by atoms with Gasteiger partial charge in [0.05, 0.1) is 0 Å². The van der Waals surface area contributed by atoms with Crippen molar-refractivity contribution in [2.45, 2.75) is 69.4 Å². The molecule has 2 unspecified atom stereocenters. The van der Waals surface area contributed by atoms with Gasteiger partial charge in [0.1, 0.15) is 6.04 Å². The Labute approximate surface area is 206 Å². The number of likely N-dealkylation sites (tertiary alicyclic amines) is 1. The second kappa shape index (κ2) is 9.23. The number of amides is 3. The molecule has 3 aliphatic heterocycles. The summed E-state index contributed by atoms with van der Waals surface area (Å²) in [6.45, 7) is 3.83. The zero-order valence-electron chi connectivity index (χ0n) is 20.2. The van der Waals surface area contributed by atoms with E-state index in [1.807, 2.05) is 6.07 Å². The van der Waals surface area contributed by atoms with E-state index >= 15 is 0 Å². The molecule has 3 heterocycles. The van der Waals surface area contributed by atoms with Gasteiger partial charge in [-0.05, 0) is 91.8 Å². The number of hydrogen-bond donors (Lipinski definition) is 1. The van der Waals surface area contributed by atoms with E-state index in [1.165, 1.54) is 30.4 Å². The third-order valence-electron chi connectivity index (χ3n) is 8.58. The lowest BCUT2D eigenvalue weighted by Gasteiger charge is -2.36. The van der Waals surface area contributed by atoms with Crippen LogP contribution < -0.4 is 5.32 Å². The molecule has 6 nitrogen and oxygen atoms in total. The molecule has 2 aromatic rings. The number of hydrogen-bond acceptors (Lipinski definition) is 4. The minimum atomic E-state index is -0.552. The van der Waals surface area contributed by atoms with Crippen LogP contribution in [-0.2, 0) is 22.6 Å². The van der Waals surface area contributed by atoms with Crippen LogP contribution in [0.15, 0.2) is 42.5 Å². The van der Waals surface area contributed by atoms with Gasteiger partial charge in [0.25, 0.3) is 5.91 Å².